The van der Waals surface area contributed by atoms with E-state index in [1.165, 1.54) is 6.07 Å². The zero-order valence-corrected chi connectivity index (χ0v) is 11.8. The summed E-state index contributed by atoms with van der Waals surface area (Å²) in [6.07, 6.45) is 0.468. The van der Waals surface area contributed by atoms with Crippen molar-refractivity contribution in [3.63, 3.8) is 0 Å². The summed E-state index contributed by atoms with van der Waals surface area (Å²) in [7, 11) is 0. The van der Waals surface area contributed by atoms with Crippen molar-refractivity contribution >= 4 is 11.9 Å². The van der Waals surface area contributed by atoms with Gasteiger partial charge in [-0.3, -0.25) is 4.79 Å². The highest BCUT2D eigenvalue weighted by molar-refractivity contribution is 5.87. The Labute approximate surface area is 113 Å². The number of rotatable bonds is 4. The lowest BCUT2D eigenvalue weighted by Gasteiger charge is -2.22. The second-order valence-corrected chi connectivity index (χ2v) is 5.64. The molecule has 1 aromatic carbocycles. The summed E-state index contributed by atoms with van der Waals surface area (Å²) in [6, 6.07) is 6.61. The molecule has 1 unspecified atom stereocenters. The molecule has 0 bridgehead atoms. The average Bonchev–Trinajstić information content (AvgIpc) is 2.27. The molecule has 1 rings (SSSR count). The quantitative estimate of drug-likeness (QED) is 0.849. The molecule has 0 spiro atoms. The number of hydrogen-bond acceptors (Lipinski definition) is 3. The second kappa shape index (κ2) is 5.87. The van der Waals surface area contributed by atoms with Crippen LogP contribution in [0.15, 0.2) is 24.3 Å². The van der Waals surface area contributed by atoms with E-state index >= 15 is 0 Å². The molecule has 0 saturated carbocycles. The largest absolute Gasteiger partial charge is 0.478 e. The summed E-state index contributed by atoms with van der Waals surface area (Å²) in [5.41, 5.74) is 0.543. The van der Waals surface area contributed by atoms with E-state index in [0.717, 1.165) is 5.56 Å². The molecule has 19 heavy (non-hydrogen) atoms. The Morgan fingerprint density at radius 3 is 2.47 bits per heavy atom. The van der Waals surface area contributed by atoms with Gasteiger partial charge in [0.25, 0.3) is 0 Å². The van der Waals surface area contributed by atoms with Crippen molar-refractivity contribution in [2.24, 2.45) is 5.92 Å². The predicted molar refractivity (Wildman–Crippen MR) is 72.1 cm³/mol. The van der Waals surface area contributed by atoms with E-state index in [2.05, 4.69) is 0 Å². The molecule has 4 nitrogen and oxygen atoms in total. The number of benzene rings is 1. The third-order valence-electron chi connectivity index (χ3n) is 2.52. The molecule has 4 heteroatoms. The van der Waals surface area contributed by atoms with Crippen LogP contribution in [0.1, 0.15) is 43.6 Å². The molecule has 0 saturated heterocycles. The van der Waals surface area contributed by atoms with Crippen LogP contribution in [0.25, 0.3) is 0 Å². The van der Waals surface area contributed by atoms with Gasteiger partial charge in [-0.15, -0.1) is 0 Å². The van der Waals surface area contributed by atoms with Gasteiger partial charge in [-0.25, -0.2) is 4.79 Å². The molecule has 104 valence electrons. The minimum atomic E-state index is -0.966. The minimum Gasteiger partial charge on any atom is -0.478 e. The summed E-state index contributed by atoms with van der Waals surface area (Å²) in [4.78, 5) is 22.7. The molecular formula is C15H20O4. The molecule has 0 aliphatic rings. The van der Waals surface area contributed by atoms with Gasteiger partial charge in [-0.1, -0.05) is 19.1 Å². The third kappa shape index (κ3) is 5.12. The number of carbonyl (C=O) groups excluding carboxylic acids is 1. The van der Waals surface area contributed by atoms with Gasteiger partial charge < -0.3 is 9.84 Å². The number of carbonyl (C=O) groups is 2. The Kier molecular flexibility index (Phi) is 4.70. The number of esters is 1. The predicted octanol–water partition coefficient (Wildman–Crippen LogP) is 2.91. The molecule has 0 aliphatic carbocycles. The van der Waals surface area contributed by atoms with E-state index in [4.69, 9.17) is 9.84 Å². The van der Waals surface area contributed by atoms with E-state index < -0.39 is 11.6 Å². The fourth-order valence-corrected chi connectivity index (χ4v) is 1.67. The summed E-state index contributed by atoms with van der Waals surface area (Å²) in [5.74, 6) is -1.54. The summed E-state index contributed by atoms with van der Waals surface area (Å²) >= 11 is 0. The van der Waals surface area contributed by atoms with Gasteiger partial charge in [0, 0.05) is 0 Å². The molecule has 1 aromatic rings. The number of carboxylic acids is 1. The maximum Gasteiger partial charge on any atom is 0.335 e. The lowest BCUT2D eigenvalue weighted by atomic mass is 9.99. The monoisotopic (exact) mass is 264 g/mol. The van der Waals surface area contributed by atoms with Crippen LogP contribution in [0.2, 0.25) is 0 Å². The molecule has 0 radical (unpaired) electrons. The Morgan fingerprint density at radius 1 is 1.32 bits per heavy atom. The first kappa shape index (κ1) is 15.2. The van der Waals surface area contributed by atoms with Crippen molar-refractivity contribution in [3.05, 3.63) is 35.4 Å². The van der Waals surface area contributed by atoms with Gasteiger partial charge >= 0.3 is 11.9 Å². The minimum absolute atomic E-state index is 0.230. The van der Waals surface area contributed by atoms with Crippen molar-refractivity contribution in [2.45, 2.75) is 39.7 Å². The Hall–Kier alpha value is -1.84. The number of hydrogen-bond donors (Lipinski definition) is 1. The molecule has 0 aliphatic heterocycles. The van der Waals surface area contributed by atoms with Gasteiger partial charge in [-0.05, 0) is 44.9 Å². The number of carboxylic acid groups (broad SMARTS) is 1. The van der Waals surface area contributed by atoms with Crippen molar-refractivity contribution in [2.75, 3.05) is 0 Å². The highest BCUT2D eigenvalue weighted by atomic mass is 16.6. The Balaban J connectivity index is 2.71. The maximum absolute atomic E-state index is 11.8. The first-order valence-corrected chi connectivity index (χ1v) is 6.24. The van der Waals surface area contributed by atoms with Crippen LogP contribution < -0.4 is 0 Å². The molecule has 0 fully saturated rings. The summed E-state index contributed by atoms with van der Waals surface area (Å²) < 4.78 is 5.29. The lowest BCUT2D eigenvalue weighted by Crippen LogP contribution is -2.28. The first-order chi connectivity index (χ1) is 8.69. The fourth-order valence-electron chi connectivity index (χ4n) is 1.67. The maximum atomic E-state index is 11.8. The smallest absolute Gasteiger partial charge is 0.335 e. The van der Waals surface area contributed by atoms with Gasteiger partial charge in [0.2, 0.25) is 0 Å². The SMILES string of the molecule is CC(Cc1cccc(C(=O)O)c1)C(=O)OC(C)(C)C. The third-order valence-corrected chi connectivity index (χ3v) is 2.52. The molecule has 0 aromatic heterocycles. The Morgan fingerprint density at radius 2 is 1.95 bits per heavy atom. The zero-order valence-electron chi connectivity index (χ0n) is 11.8. The fraction of sp³-hybridized carbons (Fsp3) is 0.467. The van der Waals surface area contributed by atoms with Gasteiger partial charge in [0.15, 0.2) is 0 Å². The van der Waals surface area contributed by atoms with Crippen LogP contribution in [0.4, 0.5) is 0 Å². The second-order valence-electron chi connectivity index (χ2n) is 5.64. The Bertz CT molecular complexity index is 471. The highest BCUT2D eigenvalue weighted by Crippen LogP contribution is 2.16. The van der Waals surface area contributed by atoms with E-state index in [0.29, 0.717) is 6.42 Å². The lowest BCUT2D eigenvalue weighted by molar-refractivity contribution is -0.159. The topological polar surface area (TPSA) is 63.6 Å². The van der Waals surface area contributed by atoms with E-state index in [-0.39, 0.29) is 17.5 Å². The van der Waals surface area contributed by atoms with Crippen LogP contribution >= 0.6 is 0 Å². The van der Waals surface area contributed by atoms with Crippen molar-refractivity contribution in [1.29, 1.82) is 0 Å². The highest BCUT2D eigenvalue weighted by Gasteiger charge is 2.22. The van der Waals surface area contributed by atoms with Crippen LogP contribution in [0, 0.1) is 5.92 Å². The van der Waals surface area contributed by atoms with Crippen molar-refractivity contribution < 1.29 is 19.4 Å². The number of ether oxygens (including phenoxy) is 1. The van der Waals surface area contributed by atoms with E-state index in [1.54, 1.807) is 19.1 Å². The van der Waals surface area contributed by atoms with E-state index in [9.17, 15) is 9.59 Å². The van der Waals surface area contributed by atoms with Crippen LogP contribution in [0.3, 0.4) is 0 Å². The molecule has 1 N–H and O–H groups in total. The van der Waals surface area contributed by atoms with Crippen molar-refractivity contribution in [3.8, 4) is 0 Å². The first-order valence-electron chi connectivity index (χ1n) is 6.24. The van der Waals surface area contributed by atoms with Crippen LogP contribution in [0.5, 0.6) is 0 Å². The molecule has 1 atom stereocenters. The standard InChI is InChI=1S/C15H20O4/c1-10(14(18)19-15(2,3)4)8-11-6-5-7-12(9-11)13(16)17/h5-7,9-10H,8H2,1-4H3,(H,16,17). The summed E-state index contributed by atoms with van der Waals surface area (Å²) in [5, 5.41) is 8.91. The van der Waals surface area contributed by atoms with Gasteiger partial charge in [0.1, 0.15) is 5.60 Å². The van der Waals surface area contributed by atoms with Gasteiger partial charge in [0.05, 0.1) is 11.5 Å². The zero-order chi connectivity index (χ0) is 14.6. The summed E-state index contributed by atoms with van der Waals surface area (Å²) in [6.45, 7) is 7.25. The van der Waals surface area contributed by atoms with E-state index in [1.807, 2.05) is 26.8 Å². The number of aromatic carboxylic acids is 1. The van der Waals surface area contributed by atoms with Crippen molar-refractivity contribution in [1.82, 2.24) is 0 Å². The average molecular weight is 264 g/mol. The molecule has 0 heterocycles. The molecule has 0 amide bonds. The normalized spacial score (nSPS) is 12.8. The molecular weight excluding hydrogens is 244 g/mol. The van der Waals surface area contributed by atoms with Gasteiger partial charge in [-0.2, -0.15) is 0 Å². The van der Waals surface area contributed by atoms with Crippen LogP contribution in [-0.2, 0) is 16.0 Å². The van der Waals surface area contributed by atoms with Crippen LogP contribution in [-0.4, -0.2) is 22.6 Å².